The highest BCUT2D eigenvalue weighted by molar-refractivity contribution is 7.89. The highest BCUT2D eigenvalue weighted by Crippen LogP contribution is 2.26. The molecule has 0 aliphatic heterocycles. The van der Waals surface area contributed by atoms with E-state index in [9.17, 15) is 9.35 Å². The number of nitrogens with one attached hydrogen (secondary N) is 1. The van der Waals surface area contributed by atoms with Crippen LogP contribution in [0.1, 0.15) is 5.56 Å². The third kappa shape index (κ3) is 4.48. The Morgan fingerprint density at radius 1 is 1.24 bits per heavy atom. The van der Waals surface area contributed by atoms with Gasteiger partial charge in [-0.2, -0.15) is 5.10 Å². The van der Waals surface area contributed by atoms with E-state index in [0.717, 1.165) is 16.7 Å². The number of carbonyl (C=O) groups excluding carboxylic acids is 1. The van der Waals surface area contributed by atoms with Crippen molar-refractivity contribution >= 4 is 23.0 Å². The van der Waals surface area contributed by atoms with E-state index in [1.807, 2.05) is 49.6 Å². The lowest BCUT2D eigenvalue weighted by atomic mass is 10.1. The molecule has 3 N–H and O–H groups in total. The van der Waals surface area contributed by atoms with Gasteiger partial charge in [-0.25, -0.2) is 0 Å². The number of aryl methyl sites for hydroxylation is 1. The highest BCUT2D eigenvalue weighted by atomic mass is 32.2. The zero-order chi connectivity index (χ0) is 17.8. The molecule has 0 aliphatic rings. The second-order valence-corrected chi connectivity index (χ2v) is 6.72. The van der Waals surface area contributed by atoms with Crippen LogP contribution in [0.25, 0.3) is 11.1 Å². The molecule has 3 rings (SSSR count). The molecule has 0 saturated carbocycles. The fourth-order valence-corrected chi connectivity index (χ4v) is 3.00. The van der Waals surface area contributed by atoms with Gasteiger partial charge in [-0.3, -0.25) is 9.48 Å². The zero-order valence-corrected chi connectivity index (χ0v) is 14.5. The number of aromatic nitrogens is 2. The van der Waals surface area contributed by atoms with Crippen LogP contribution in [-0.2, 0) is 29.6 Å². The quantitative estimate of drug-likeness (QED) is 0.687. The number of rotatable bonds is 5. The Hall–Kier alpha value is -2.61. The third-order valence-electron chi connectivity index (χ3n) is 3.67. The molecule has 0 radical (unpaired) electrons. The first-order chi connectivity index (χ1) is 12.0. The molecule has 0 fully saturated rings. The van der Waals surface area contributed by atoms with E-state index >= 15 is 0 Å². The molecule has 3 aromatic rings. The molecular weight excluding hydrogens is 336 g/mol. The fraction of sp³-hybridized carbons (Fsp3) is 0.111. The molecule has 7 heteroatoms. The molecule has 1 heterocycles. The zero-order valence-electron chi connectivity index (χ0n) is 13.7. The molecule has 1 amide bonds. The van der Waals surface area contributed by atoms with Crippen molar-refractivity contribution in [3.63, 3.8) is 0 Å². The van der Waals surface area contributed by atoms with E-state index in [-0.39, 0.29) is 12.3 Å². The van der Waals surface area contributed by atoms with Gasteiger partial charge in [0.15, 0.2) is 4.90 Å². The van der Waals surface area contributed by atoms with Crippen LogP contribution in [0.2, 0.25) is 0 Å². The van der Waals surface area contributed by atoms with Crippen molar-refractivity contribution in [2.75, 3.05) is 5.32 Å². The molecule has 128 valence electrons. The second-order valence-electron chi connectivity index (χ2n) is 5.66. The SMILES string of the molecule is Cn1cc(-c2cc(NC(=O)Cc3ccccc3)cc([S+](N)[O-])c2)cn1. The summed E-state index contributed by atoms with van der Waals surface area (Å²) in [6.45, 7) is 0. The molecule has 0 bridgehead atoms. The number of nitrogens with zero attached hydrogens (tertiary/aromatic N) is 2. The van der Waals surface area contributed by atoms with Crippen molar-refractivity contribution in [1.82, 2.24) is 9.78 Å². The predicted octanol–water partition coefficient (Wildman–Crippen LogP) is 2.25. The average molecular weight is 354 g/mol. The molecule has 1 unspecified atom stereocenters. The summed E-state index contributed by atoms with van der Waals surface area (Å²) in [7, 11) is 1.82. The third-order valence-corrected chi connectivity index (χ3v) is 4.37. The molecule has 6 nitrogen and oxygen atoms in total. The van der Waals surface area contributed by atoms with Gasteiger partial charge in [0, 0.05) is 36.6 Å². The van der Waals surface area contributed by atoms with E-state index in [1.54, 1.807) is 23.0 Å². The summed E-state index contributed by atoms with van der Waals surface area (Å²) in [5.74, 6) is -0.150. The van der Waals surface area contributed by atoms with Crippen molar-refractivity contribution in [3.8, 4) is 11.1 Å². The molecule has 2 aromatic carbocycles. The largest absolute Gasteiger partial charge is 0.593 e. The summed E-state index contributed by atoms with van der Waals surface area (Å²) >= 11 is -1.65. The lowest BCUT2D eigenvalue weighted by Gasteiger charge is -2.10. The number of anilines is 1. The van der Waals surface area contributed by atoms with Crippen molar-refractivity contribution < 1.29 is 9.35 Å². The Morgan fingerprint density at radius 2 is 2.00 bits per heavy atom. The molecular formula is C18H18N4O2S. The summed E-state index contributed by atoms with van der Waals surface area (Å²) < 4.78 is 13.4. The Morgan fingerprint density at radius 3 is 2.64 bits per heavy atom. The van der Waals surface area contributed by atoms with E-state index in [2.05, 4.69) is 10.4 Å². The minimum Gasteiger partial charge on any atom is -0.593 e. The average Bonchev–Trinajstić information content (AvgIpc) is 3.02. The standard InChI is InChI=1S/C18H18N4O2S/c1-22-12-15(11-20-22)14-8-16(10-17(9-14)25(19)24)21-18(23)7-13-5-3-2-4-6-13/h2-6,8-12H,7,19H2,1H3,(H,21,23). The number of hydrogen-bond acceptors (Lipinski definition) is 4. The smallest absolute Gasteiger partial charge is 0.228 e. The lowest BCUT2D eigenvalue weighted by Crippen LogP contribution is -2.16. The van der Waals surface area contributed by atoms with Crippen LogP contribution < -0.4 is 10.5 Å². The monoisotopic (exact) mass is 354 g/mol. The van der Waals surface area contributed by atoms with Crippen LogP contribution in [-0.4, -0.2) is 20.2 Å². The Labute approximate surface area is 149 Å². The van der Waals surface area contributed by atoms with E-state index in [4.69, 9.17) is 5.14 Å². The maximum atomic E-state index is 12.3. The maximum absolute atomic E-state index is 12.3. The number of nitrogens with two attached hydrogens (primary N) is 1. The number of hydrogen-bond donors (Lipinski definition) is 2. The maximum Gasteiger partial charge on any atom is 0.228 e. The summed E-state index contributed by atoms with van der Waals surface area (Å²) in [6, 6.07) is 14.7. The molecule has 0 spiro atoms. The molecule has 25 heavy (non-hydrogen) atoms. The predicted molar refractivity (Wildman–Crippen MR) is 98.0 cm³/mol. The minimum atomic E-state index is -1.65. The first kappa shape index (κ1) is 17.2. The normalized spacial score (nSPS) is 12.0. The van der Waals surface area contributed by atoms with Crippen LogP contribution in [0.4, 0.5) is 5.69 Å². The van der Waals surface area contributed by atoms with Gasteiger partial charge in [0.2, 0.25) is 5.91 Å². The first-order valence-corrected chi connectivity index (χ1v) is 8.86. The van der Waals surface area contributed by atoms with Gasteiger partial charge in [-0.1, -0.05) is 30.3 Å². The van der Waals surface area contributed by atoms with E-state index < -0.39 is 11.4 Å². The second kappa shape index (κ2) is 7.52. The van der Waals surface area contributed by atoms with Crippen LogP contribution in [0.3, 0.4) is 0 Å². The minimum absolute atomic E-state index is 0.150. The van der Waals surface area contributed by atoms with Gasteiger partial charge >= 0.3 is 0 Å². The summed E-state index contributed by atoms with van der Waals surface area (Å²) in [6.07, 6.45) is 3.81. The lowest BCUT2D eigenvalue weighted by molar-refractivity contribution is -0.115. The van der Waals surface area contributed by atoms with Gasteiger partial charge in [0.1, 0.15) is 0 Å². The fourth-order valence-electron chi connectivity index (χ4n) is 2.51. The summed E-state index contributed by atoms with van der Waals surface area (Å²) in [5.41, 5.74) is 3.12. The topological polar surface area (TPSA) is 96.0 Å². The van der Waals surface area contributed by atoms with E-state index in [1.165, 1.54) is 0 Å². The molecule has 0 saturated heterocycles. The van der Waals surface area contributed by atoms with E-state index in [0.29, 0.717) is 10.6 Å². The van der Waals surface area contributed by atoms with Crippen LogP contribution in [0, 0.1) is 0 Å². The Bertz CT molecular complexity index is 878. The van der Waals surface area contributed by atoms with Gasteiger partial charge < -0.3 is 9.87 Å². The van der Waals surface area contributed by atoms with Gasteiger partial charge in [0.25, 0.3) is 0 Å². The first-order valence-electron chi connectivity index (χ1n) is 7.65. The van der Waals surface area contributed by atoms with Crippen molar-refractivity contribution in [1.29, 1.82) is 0 Å². The van der Waals surface area contributed by atoms with Crippen LogP contribution in [0.5, 0.6) is 0 Å². The Kier molecular flexibility index (Phi) is 5.18. The Balaban J connectivity index is 1.85. The number of benzene rings is 2. The van der Waals surface area contributed by atoms with Gasteiger partial charge in [-0.15, -0.1) is 5.14 Å². The van der Waals surface area contributed by atoms with Gasteiger partial charge in [0.05, 0.1) is 24.0 Å². The summed E-state index contributed by atoms with van der Waals surface area (Å²) in [5, 5.41) is 12.5. The highest BCUT2D eigenvalue weighted by Gasteiger charge is 2.13. The van der Waals surface area contributed by atoms with Crippen molar-refractivity contribution in [2.45, 2.75) is 11.3 Å². The number of carbonyl (C=O) groups is 1. The number of amides is 1. The van der Waals surface area contributed by atoms with Crippen LogP contribution in [0.15, 0.2) is 65.8 Å². The summed E-state index contributed by atoms with van der Waals surface area (Å²) in [4.78, 5) is 12.7. The molecule has 1 aromatic heterocycles. The van der Waals surface area contributed by atoms with Crippen molar-refractivity contribution in [2.24, 2.45) is 12.2 Å². The van der Waals surface area contributed by atoms with Gasteiger partial charge in [-0.05, 0) is 17.2 Å². The molecule has 1 atom stereocenters. The van der Waals surface area contributed by atoms with Crippen LogP contribution >= 0.6 is 0 Å². The van der Waals surface area contributed by atoms with Crippen molar-refractivity contribution in [3.05, 3.63) is 66.5 Å². The molecule has 0 aliphatic carbocycles.